The van der Waals surface area contributed by atoms with Crippen LogP contribution in [0.3, 0.4) is 0 Å². The molecule has 0 fully saturated rings. The molecule has 106 valence electrons. The normalized spacial score (nSPS) is 10.7. The zero-order valence-corrected chi connectivity index (χ0v) is 10.7. The molecule has 9 heteroatoms. The molecular formula is C12H10N6O3. The zero-order chi connectivity index (χ0) is 14.8. The number of anilines is 1. The van der Waals surface area contributed by atoms with Crippen LogP contribution in [0.25, 0.3) is 10.8 Å². The van der Waals surface area contributed by atoms with E-state index >= 15 is 0 Å². The lowest BCUT2D eigenvalue weighted by molar-refractivity contribution is -0.117. The molecule has 3 N–H and O–H groups in total. The Labute approximate surface area is 116 Å². The first kappa shape index (κ1) is 12.8. The van der Waals surface area contributed by atoms with Crippen LogP contribution in [0.5, 0.6) is 0 Å². The molecule has 0 saturated carbocycles. The van der Waals surface area contributed by atoms with E-state index in [9.17, 15) is 14.4 Å². The topological polar surface area (TPSA) is 126 Å². The number of aromatic nitrogens is 5. The van der Waals surface area contributed by atoms with Crippen molar-refractivity contribution in [1.29, 1.82) is 0 Å². The van der Waals surface area contributed by atoms with Gasteiger partial charge in [0, 0.05) is 0 Å². The molecule has 3 aromatic rings. The first-order chi connectivity index (χ1) is 10.1. The lowest BCUT2D eigenvalue weighted by atomic mass is 10.2. The predicted octanol–water partition coefficient (Wildman–Crippen LogP) is -0.553. The van der Waals surface area contributed by atoms with Crippen molar-refractivity contribution in [2.24, 2.45) is 0 Å². The number of fused-ring (bicyclic) bond motifs is 1. The number of rotatable bonds is 3. The van der Waals surface area contributed by atoms with E-state index in [1.54, 1.807) is 18.2 Å². The van der Waals surface area contributed by atoms with E-state index in [1.807, 2.05) is 0 Å². The lowest BCUT2D eigenvalue weighted by Crippen LogP contribution is -2.34. The van der Waals surface area contributed by atoms with Crippen molar-refractivity contribution < 1.29 is 4.79 Å². The number of H-pyrrole nitrogens is 2. The number of carbonyl (C=O) groups excluding carboxylic acids is 1. The van der Waals surface area contributed by atoms with Crippen LogP contribution >= 0.6 is 0 Å². The van der Waals surface area contributed by atoms with Gasteiger partial charge in [-0.2, -0.15) is 10.1 Å². The van der Waals surface area contributed by atoms with Gasteiger partial charge in [-0.3, -0.25) is 24.8 Å². The molecular weight excluding hydrogens is 276 g/mol. The largest absolute Gasteiger partial charge is 0.293 e. The number of amides is 1. The Hall–Kier alpha value is -3.23. The fraction of sp³-hybridized carbons (Fsp3) is 0.0833. The summed E-state index contributed by atoms with van der Waals surface area (Å²) in [7, 11) is 0. The number of hydrogen-bond acceptors (Lipinski definition) is 5. The summed E-state index contributed by atoms with van der Waals surface area (Å²) in [6.45, 7) is -0.334. The highest BCUT2D eigenvalue weighted by Gasteiger charge is 2.10. The fourth-order valence-electron chi connectivity index (χ4n) is 1.94. The second-order valence-corrected chi connectivity index (χ2v) is 4.26. The number of nitrogens with zero attached hydrogens (tertiary/aromatic N) is 3. The molecule has 1 amide bonds. The van der Waals surface area contributed by atoms with Crippen LogP contribution in [-0.4, -0.2) is 30.9 Å². The van der Waals surface area contributed by atoms with Crippen LogP contribution in [0.15, 0.2) is 40.2 Å². The van der Waals surface area contributed by atoms with Crippen molar-refractivity contribution in [3.05, 3.63) is 51.3 Å². The number of benzene rings is 1. The van der Waals surface area contributed by atoms with Crippen molar-refractivity contribution in [2.75, 3.05) is 5.32 Å². The van der Waals surface area contributed by atoms with Gasteiger partial charge in [0.05, 0.1) is 10.8 Å². The molecule has 0 atom stereocenters. The van der Waals surface area contributed by atoms with Crippen LogP contribution in [-0.2, 0) is 11.3 Å². The molecule has 2 aromatic heterocycles. The Morgan fingerprint density at radius 3 is 2.71 bits per heavy atom. The van der Waals surface area contributed by atoms with Crippen molar-refractivity contribution in [2.45, 2.75) is 6.54 Å². The summed E-state index contributed by atoms with van der Waals surface area (Å²) in [4.78, 5) is 39.6. The van der Waals surface area contributed by atoms with Gasteiger partial charge in [-0.15, -0.1) is 0 Å². The Balaban J connectivity index is 1.94. The molecule has 0 aliphatic heterocycles. The van der Waals surface area contributed by atoms with Crippen molar-refractivity contribution >= 4 is 22.6 Å². The van der Waals surface area contributed by atoms with Gasteiger partial charge in [0.1, 0.15) is 12.9 Å². The van der Waals surface area contributed by atoms with Crippen LogP contribution in [0, 0.1) is 0 Å². The van der Waals surface area contributed by atoms with Crippen LogP contribution in [0.4, 0.5) is 5.95 Å². The Kier molecular flexibility index (Phi) is 3.07. The summed E-state index contributed by atoms with van der Waals surface area (Å²) in [5.41, 5.74) is -0.879. The maximum Gasteiger partial charge on any atom is 0.273 e. The fourth-order valence-corrected chi connectivity index (χ4v) is 1.94. The molecule has 0 unspecified atom stereocenters. The van der Waals surface area contributed by atoms with Gasteiger partial charge < -0.3 is 0 Å². The van der Waals surface area contributed by atoms with Crippen molar-refractivity contribution in [1.82, 2.24) is 25.0 Å². The minimum absolute atomic E-state index is 0.163. The molecule has 0 spiro atoms. The molecule has 0 saturated heterocycles. The first-order valence-electron chi connectivity index (χ1n) is 6.02. The van der Waals surface area contributed by atoms with E-state index < -0.39 is 17.0 Å². The minimum atomic E-state index is -0.514. The third-order valence-electron chi connectivity index (χ3n) is 2.86. The van der Waals surface area contributed by atoms with E-state index in [0.717, 1.165) is 4.68 Å². The van der Waals surface area contributed by atoms with E-state index in [2.05, 4.69) is 25.6 Å². The summed E-state index contributed by atoms with van der Waals surface area (Å²) < 4.78 is 0.955. The summed E-state index contributed by atoms with van der Waals surface area (Å²) >= 11 is 0. The highest BCUT2D eigenvalue weighted by molar-refractivity contribution is 5.89. The van der Waals surface area contributed by atoms with Gasteiger partial charge in [0.25, 0.3) is 11.1 Å². The average molecular weight is 286 g/mol. The zero-order valence-electron chi connectivity index (χ0n) is 10.7. The van der Waals surface area contributed by atoms with Gasteiger partial charge >= 0.3 is 0 Å². The predicted molar refractivity (Wildman–Crippen MR) is 73.8 cm³/mol. The number of nitrogens with one attached hydrogen (secondary N) is 3. The molecule has 21 heavy (non-hydrogen) atoms. The third kappa shape index (κ3) is 2.43. The Morgan fingerprint density at radius 2 is 2.00 bits per heavy atom. The number of aromatic amines is 2. The standard InChI is InChI=1S/C12H10N6O3/c19-9(15-12-13-6-14-16-12)5-18-11(21)8-4-2-1-3-7(8)10(20)17-18/h1-4,6H,5H2,(H,17,20)(H2,13,14,15,16,19). The first-order valence-corrected chi connectivity index (χ1v) is 6.02. The molecule has 0 bridgehead atoms. The summed E-state index contributed by atoms with van der Waals surface area (Å²) in [5, 5.41) is 11.4. The lowest BCUT2D eigenvalue weighted by Gasteiger charge is -2.06. The maximum absolute atomic E-state index is 12.2. The van der Waals surface area contributed by atoms with Crippen molar-refractivity contribution in [3.63, 3.8) is 0 Å². The maximum atomic E-state index is 12.2. The number of carbonyl (C=O) groups is 1. The van der Waals surface area contributed by atoms with Crippen LogP contribution in [0.1, 0.15) is 0 Å². The second kappa shape index (κ2) is 5.04. The van der Waals surface area contributed by atoms with E-state index in [-0.39, 0.29) is 23.3 Å². The molecule has 1 aromatic carbocycles. The van der Waals surface area contributed by atoms with Gasteiger partial charge in [-0.1, -0.05) is 12.1 Å². The van der Waals surface area contributed by atoms with Crippen LogP contribution in [0.2, 0.25) is 0 Å². The molecule has 0 aliphatic carbocycles. The quantitative estimate of drug-likeness (QED) is 0.595. The highest BCUT2D eigenvalue weighted by Crippen LogP contribution is 2.02. The summed E-state index contributed by atoms with van der Waals surface area (Å²) in [6.07, 6.45) is 1.24. The van der Waals surface area contributed by atoms with Gasteiger partial charge in [0.15, 0.2) is 0 Å². The van der Waals surface area contributed by atoms with E-state index in [1.165, 1.54) is 12.4 Å². The molecule has 2 heterocycles. The number of hydrogen-bond donors (Lipinski definition) is 3. The molecule has 0 radical (unpaired) electrons. The molecule has 0 aliphatic rings. The van der Waals surface area contributed by atoms with Crippen molar-refractivity contribution in [3.8, 4) is 0 Å². The summed E-state index contributed by atoms with van der Waals surface area (Å²) in [6, 6.07) is 6.41. The SMILES string of the molecule is O=C(Cn1[nH]c(=O)c2ccccc2c1=O)Nc1ncn[nH]1. The minimum Gasteiger partial charge on any atom is -0.293 e. The monoisotopic (exact) mass is 286 g/mol. The molecule has 9 nitrogen and oxygen atoms in total. The average Bonchev–Trinajstić information content (AvgIpc) is 2.97. The van der Waals surface area contributed by atoms with Gasteiger partial charge in [0.2, 0.25) is 11.9 Å². The Morgan fingerprint density at radius 1 is 1.24 bits per heavy atom. The third-order valence-corrected chi connectivity index (χ3v) is 2.86. The smallest absolute Gasteiger partial charge is 0.273 e. The highest BCUT2D eigenvalue weighted by atomic mass is 16.2. The van der Waals surface area contributed by atoms with E-state index in [0.29, 0.717) is 0 Å². The van der Waals surface area contributed by atoms with Gasteiger partial charge in [-0.05, 0) is 12.1 Å². The second-order valence-electron chi connectivity index (χ2n) is 4.26. The summed E-state index contributed by atoms with van der Waals surface area (Å²) in [5.74, 6) is -0.351. The Bertz CT molecular complexity index is 909. The van der Waals surface area contributed by atoms with Gasteiger partial charge in [-0.25, -0.2) is 9.78 Å². The van der Waals surface area contributed by atoms with Crippen LogP contribution < -0.4 is 16.4 Å². The molecule has 3 rings (SSSR count). The van der Waals surface area contributed by atoms with E-state index in [4.69, 9.17) is 0 Å².